The van der Waals surface area contributed by atoms with Crippen LogP contribution in [0.1, 0.15) is 12.8 Å². The first-order valence-electron chi connectivity index (χ1n) is 7.55. The van der Waals surface area contributed by atoms with Crippen molar-refractivity contribution >= 4 is 5.97 Å². The van der Waals surface area contributed by atoms with Gasteiger partial charge in [-0.2, -0.15) is 0 Å². The molecule has 2 fully saturated rings. The SMILES string of the molecule is O=C1CC2C(CC(O)C2/C=C/[C@@H](O)COc2ccccc2)O1. The molecule has 0 spiro atoms. The summed E-state index contributed by atoms with van der Waals surface area (Å²) in [4.78, 5) is 11.3. The molecule has 1 heterocycles. The first kappa shape index (κ1) is 15.1. The molecule has 5 nitrogen and oxygen atoms in total. The molecule has 5 heteroatoms. The summed E-state index contributed by atoms with van der Waals surface area (Å²) in [6, 6.07) is 9.27. The van der Waals surface area contributed by atoms with Gasteiger partial charge >= 0.3 is 5.97 Å². The highest BCUT2D eigenvalue weighted by atomic mass is 16.6. The van der Waals surface area contributed by atoms with Gasteiger partial charge in [-0.15, -0.1) is 0 Å². The Balaban J connectivity index is 1.53. The van der Waals surface area contributed by atoms with Gasteiger partial charge in [-0.3, -0.25) is 4.79 Å². The van der Waals surface area contributed by atoms with Crippen LogP contribution < -0.4 is 4.74 Å². The lowest BCUT2D eigenvalue weighted by atomic mass is 9.91. The van der Waals surface area contributed by atoms with E-state index < -0.39 is 12.2 Å². The second-order valence-corrected chi connectivity index (χ2v) is 5.85. The number of hydrogen-bond acceptors (Lipinski definition) is 5. The first-order valence-corrected chi connectivity index (χ1v) is 7.55. The quantitative estimate of drug-likeness (QED) is 0.633. The molecular formula is C17H20O5. The van der Waals surface area contributed by atoms with Crippen molar-refractivity contribution in [3.63, 3.8) is 0 Å². The van der Waals surface area contributed by atoms with E-state index in [1.54, 1.807) is 12.2 Å². The van der Waals surface area contributed by atoms with Crippen LogP contribution in [0.4, 0.5) is 0 Å². The van der Waals surface area contributed by atoms with Crippen molar-refractivity contribution in [3.05, 3.63) is 42.5 Å². The number of carbonyl (C=O) groups is 1. The van der Waals surface area contributed by atoms with Gasteiger partial charge in [0, 0.05) is 18.3 Å². The molecule has 3 rings (SSSR count). The Morgan fingerprint density at radius 1 is 1.36 bits per heavy atom. The molecule has 1 saturated heterocycles. The van der Waals surface area contributed by atoms with Crippen LogP contribution in [0.15, 0.2) is 42.5 Å². The molecule has 1 aromatic rings. The van der Waals surface area contributed by atoms with Gasteiger partial charge < -0.3 is 19.7 Å². The van der Waals surface area contributed by atoms with Gasteiger partial charge in [-0.25, -0.2) is 0 Å². The van der Waals surface area contributed by atoms with Crippen molar-refractivity contribution in [2.75, 3.05) is 6.61 Å². The summed E-state index contributed by atoms with van der Waals surface area (Å²) in [6.45, 7) is 0.146. The Morgan fingerprint density at radius 2 is 2.14 bits per heavy atom. The number of esters is 1. The molecule has 0 radical (unpaired) electrons. The predicted octanol–water partition coefficient (Wildman–Crippen LogP) is 1.30. The minimum Gasteiger partial charge on any atom is -0.491 e. The zero-order chi connectivity index (χ0) is 15.5. The van der Waals surface area contributed by atoms with Crippen LogP contribution in [-0.4, -0.2) is 41.1 Å². The Morgan fingerprint density at radius 3 is 2.91 bits per heavy atom. The molecule has 4 unspecified atom stereocenters. The van der Waals surface area contributed by atoms with Crippen LogP contribution in [0, 0.1) is 11.8 Å². The normalized spacial score (nSPS) is 32.0. The largest absolute Gasteiger partial charge is 0.491 e. The van der Waals surface area contributed by atoms with Crippen molar-refractivity contribution in [1.82, 2.24) is 0 Å². The fourth-order valence-corrected chi connectivity index (χ4v) is 3.20. The molecule has 22 heavy (non-hydrogen) atoms. The highest BCUT2D eigenvalue weighted by Gasteiger charge is 2.48. The standard InChI is InChI=1S/C17H20O5/c18-11(10-21-12-4-2-1-3-5-12)6-7-13-14-8-17(20)22-16(14)9-15(13)19/h1-7,11,13-16,18-19H,8-10H2/b7-6+/t11-,13?,14?,15?,16?/m1/s1. The summed E-state index contributed by atoms with van der Waals surface area (Å²) in [5.41, 5.74) is 0. The zero-order valence-electron chi connectivity index (χ0n) is 12.2. The Bertz CT molecular complexity index is 541. The van der Waals surface area contributed by atoms with E-state index in [2.05, 4.69) is 0 Å². The third kappa shape index (κ3) is 3.31. The predicted molar refractivity (Wildman–Crippen MR) is 79.2 cm³/mol. The van der Waals surface area contributed by atoms with E-state index in [0.29, 0.717) is 18.6 Å². The van der Waals surface area contributed by atoms with Crippen molar-refractivity contribution in [2.24, 2.45) is 11.8 Å². The molecular weight excluding hydrogens is 284 g/mol. The number of para-hydroxylation sites is 1. The molecule has 1 aromatic carbocycles. The minimum absolute atomic E-state index is 0.0148. The smallest absolute Gasteiger partial charge is 0.306 e. The van der Waals surface area contributed by atoms with E-state index in [-0.39, 0.29) is 30.5 Å². The van der Waals surface area contributed by atoms with Gasteiger partial charge in [0.25, 0.3) is 0 Å². The van der Waals surface area contributed by atoms with Crippen LogP contribution in [0.25, 0.3) is 0 Å². The summed E-state index contributed by atoms with van der Waals surface area (Å²) in [5, 5.41) is 20.0. The molecule has 2 N–H and O–H groups in total. The highest BCUT2D eigenvalue weighted by Crippen LogP contribution is 2.42. The fourth-order valence-electron chi connectivity index (χ4n) is 3.20. The first-order chi connectivity index (χ1) is 10.6. The van der Waals surface area contributed by atoms with E-state index >= 15 is 0 Å². The van der Waals surface area contributed by atoms with Crippen molar-refractivity contribution in [2.45, 2.75) is 31.2 Å². The van der Waals surface area contributed by atoms with Gasteiger partial charge in [-0.05, 0) is 12.1 Å². The van der Waals surface area contributed by atoms with Gasteiger partial charge in [-0.1, -0.05) is 30.4 Å². The van der Waals surface area contributed by atoms with Crippen LogP contribution >= 0.6 is 0 Å². The van der Waals surface area contributed by atoms with Gasteiger partial charge in [0.15, 0.2) is 0 Å². The number of rotatable bonds is 5. The molecule has 1 saturated carbocycles. The Labute approximate surface area is 129 Å². The molecule has 118 valence electrons. The molecule has 5 atom stereocenters. The lowest BCUT2D eigenvalue weighted by Gasteiger charge is -2.15. The topological polar surface area (TPSA) is 76.0 Å². The van der Waals surface area contributed by atoms with Gasteiger partial charge in [0.2, 0.25) is 0 Å². The fraction of sp³-hybridized carbons (Fsp3) is 0.471. The molecule has 0 aromatic heterocycles. The summed E-state index contributed by atoms with van der Waals surface area (Å²) < 4.78 is 10.6. The monoisotopic (exact) mass is 304 g/mol. The van der Waals surface area contributed by atoms with Crippen molar-refractivity contribution in [3.8, 4) is 5.75 Å². The lowest BCUT2D eigenvalue weighted by molar-refractivity contribution is -0.141. The van der Waals surface area contributed by atoms with Gasteiger partial charge in [0.1, 0.15) is 24.6 Å². The Kier molecular flexibility index (Phi) is 4.45. The van der Waals surface area contributed by atoms with E-state index in [1.807, 2.05) is 30.3 Å². The molecule has 1 aliphatic heterocycles. The number of hydrogen-bond donors (Lipinski definition) is 2. The number of fused-ring (bicyclic) bond motifs is 1. The number of aliphatic hydroxyl groups excluding tert-OH is 2. The lowest BCUT2D eigenvalue weighted by Crippen LogP contribution is -2.20. The summed E-state index contributed by atoms with van der Waals surface area (Å²) in [5.74, 6) is 0.364. The second kappa shape index (κ2) is 6.50. The summed E-state index contributed by atoms with van der Waals surface area (Å²) in [6.07, 6.45) is 2.76. The second-order valence-electron chi connectivity index (χ2n) is 5.85. The minimum atomic E-state index is -0.760. The zero-order valence-corrected chi connectivity index (χ0v) is 12.2. The summed E-state index contributed by atoms with van der Waals surface area (Å²) in [7, 11) is 0. The average Bonchev–Trinajstić information content (AvgIpc) is 2.99. The van der Waals surface area contributed by atoms with Crippen molar-refractivity contribution in [1.29, 1.82) is 0 Å². The number of benzene rings is 1. The van der Waals surface area contributed by atoms with E-state index in [9.17, 15) is 15.0 Å². The highest BCUT2D eigenvalue weighted by molar-refractivity contribution is 5.72. The number of aliphatic hydroxyl groups is 2. The number of ether oxygens (including phenoxy) is 2. The third-order valence-electron chi connectivity index (χ3n) is 4.29. The van der Waals surface area contributed by atoms with Crippen LogP contribution in [-0.2, 0) is 9.53 Å². The van der Waals surface area contributed by atoms with Gasteiger partial charge in [0.05, 0.1) is 12.5 Å². The summed E-state index contributed by atoms with van der Waals surface area (Å²) >= 11 is 0. The molecule has 1 aliphatic carbocycles. The van der Waals surface area contributed by atoms with E-state index in [1.165, 1.54) is 0 Å². The van der Waals surface area contributed by atoms with E-state index in [4.69, 9.17) is 9.47 Å². The maximum Gasteiger partial charge on any atom is 0.306 e. The molecule has 0 amide bonds. The third-order valence-corrected chi connectivity index (χ3v) is 4.29. The van der Waals surface area contributed by atoms with Crippen LogP contribution in [0.3, 0.4) is 0 Å². The van der Waals surface area contributed by atoms with Crippen molar-refractivity contribution < 1.29 is 24.5 Å². The van der Waals surface area contributed by atoms with E-state index in [0.717, 1.165) is 0 Å². The van der Waals surface area contributed by atoms with Crippen LogP contribution in [0.2, 0.25) is 0 Å². The van der Waals surface area contributed by atoms with Crippen LogP contribution in [0.5, 0.6) is 5.75 Å². The average molecular weight is 304 g/mol. The Hall–Kier alpha value is -1.85. The maximum absolute atomic E-state index is 11.3. The maximum atomic E-state index is 11.3. The molecule has 2 aliphatic rings. The number of carbonyl (C=O) groups excluding carboxylic acids is 1. The molecule has 0 bridgehead atoms.